The molecule has 1 unspecified atom stereocenters. The standard InChI is InChI=1S/C10H20N2O2.ClH/c1-10(4-6-14-8-10)7-12-9(13)3-5-11-2;/h11H,3-8H2,1-2H3,(H,12,13);1H. The van der Waals surface area contributed by atoms with Crippen molar-refractivity contribution in [1.82, 2.24) is 10.6 Å². The molecule has 2 N–H and O–H groups in total. The second-order valence-corrected chi connectivity index (χ2v) is 4.24. The van der Waals surface area contributed by atoms with Crippen LogP contribution >= 0.6 is 12.4 Å². The molecule has 0 aromatic rings. The summed E-state index contributed by atoms with van der Waals surface area (Å²) in [5, 5.41) is 5.89. The topological polar surface area (TPSA) is 50.4 Å². The highest BCUT2D eigenvalue weighted by Crippen LogP contribution is 2.26. The Morgan fingerprint density at radius 1 is 1.53 bits per heavy atom. The van der Waals surface area contributed by atoms with Gasteiger partial charge in [-0.3, -0.25) is 4.79 Å². The second-order valence-electron chi connectivity index (χ2n) is 4.24. The number of halogens is 1. The maximum absolute atomic E-state index is 11.3. The molecule has 1 fully saturated rings. The maximum atomic E-state index is 11.3. The first kappa shape index (κ1) is 14.7. The maximum Gasteiger partial charge on any atom is 0.221 e. The highest BCUT2D eigenvalue weighted by molar-refractivity contribution is 5.85. The van der Waals surface area contributed by atoms with Crippen LogP contribution < -0.4 is 10.6 Å². The SMILES string of the molecule is CNCCC(=O)NCC1(C)CCOC1.Cl. The minimum Gasteiger partial charge on any atom is -0.381 e. The fraction of sp³-hybridized carbons (Fsp3) is 0.900. The Balaban J connectivity index is 0.00000196. The zero-order valence-electron chi connectivity index (χ0n) is 9.47. The number of amides is 1. The predicted molar refractivity (Wildman–Crippen MR) is 62.3 cm³/mol. The molecule has 5 heteroatoms. The molecule has 1 aliphatic rings. The predicted octanol–water partition coefficient (Wildman–Crippen LogP) is 0.560. The van der Waals surface area contributed by atoms with E-state index in [1.54, 1.807) is 0 Å². The van der Waals surface area contributed by atoms with Gasteiger partial charge in [0.1, 0.15) is 0 Å². The lowest BCUT2D eigenvalue weighted by atomic mass is 9.90. The summed E-state index contributed by atoms with van der Waals surface area (Å²) in [6.07, 6.45) is 1.59. The van der Waals surface area contributed by atoms with E-state index in [4.69, 9.17) is 4.74 Å². The number of carbonyl (C=O) groups is 1. The molecule has 0 aliphatic carbocycles. The van der Waals surface area contributed by atoms with Gasteiger partial charge in [0.2, 0.25) is 5.91 Å². The molecule has 1 aliphatic heterocycles. The third-order valence-electron chi connectivity index (χ3n) is 2.61. The van der Waals surface area contributed by atoms with E-state index in [1.807, 2.05) is 7.05 Å². The van der Waals surface area contributed by atoms with Gasteiger partial charge in [-0.1, -0.05) is 6.92 Å². The van der Waals surface area contributed by atoms with E-state index in [0.29, 0.717) is 6.42 Å². The van der Waals surface area contributed by atoms with E-state index in [-0.39, 0.29) is 23.7 Å². The smallest absolute Gasteiger partial charge is 0.221 e. The van der Waals surface area contributed by atoms with Crippen molar-refractivity contribution >= 4 is 18.3 Å². The van der Waals surface area contributed by atoms with Crippen LogP contribution in [-0.4, -0.2) is 39.3 Å². The molecule has 1 heterocycles. The van der Waals surface area contributed by atoms with Crippen molar-refractivity contribution in [2.75, 3.05) is 33.4 Å². The first-order chi connectivity index (χ1) is 6.66. The molecule has 1 rings (SSSR count). The average molecular weight is 237 g/mol. The molecule has 0 spiro atoms. The summed E-state index contributed by atoms with van der Waals surface area (Å²) in [4.78, 5) is 11.3. The van der Waals surface area contributed by atoms with Crippen LogP contribution in [0, 0.1) is 5.41 Å². The molecule has 1 saturated heterocycles. The molecule has 0 bridgehead atoms. The minimum atomic E-state index is 0. The molecule has 15 heavy (non-hydrogen) atoms. The molecule has 1 amide bonds. The summed E-state index contributed by atoms with van der Waals surface area (Å²) in [5.41, 5.74) is 0.148. The van der Waals surface area contributed by atoms with Crippen molar-refractivity contribution < 1.29 is 9.53 Å². The largest absolute Gasteiger partial charge is 0.381 e. The van der Waals surface area contributed by atoms with E-state index < -0.39 is 0 Å². The van der Waals surface area contributed by atoms with Gasteiger partial charge in [-0.2, -0.15) is 0 Å². The summed E-state index contributed by atoms with van der Waals surface area (Å²) in [6, 6.07) is 0. The van der Waals surface area contributed by atoms with Crippen LogP contribution in [0.3, 0.4) is 0 Å². The lowest BCUT2D eigenvalue weighted by Crippen LogP contribution is -2.36. The third kappa shape index (κ3) is 5.35. The van der Waals surface area contributed by atoms with Gasteiger partial charge >= 0.3 is 0 Å². The Kier molecular flexibility index (Phi) is 6.89. The fourth-order valence-corrected chi connectivity index (χ4v) is 1.49. The molecule has 90 valence electrons. The fourth-order valence-electron chi connectivity index (χ4n) is 1.49. The highest BCUT2D eigenvalue weighted by Gasteiger charge is 2.29. The van der Waals surface area contributed by atoms with Crippen molar-refractivity contribution in [2.24, 2.45) is 5.41 Å². The van der Waals surface area contributed by atoms with Crippen LogP contribution in [-0.2, 0) is 9.53 Å². The zero-order chi connectivity index (χ0) is 10.4. The molecule has 0 saturated carbocycles. The Morgan fingerprint density at radius 2 is 2.27 bits per heavy atom. The Hall–Kier alpha value is -0.320. The normalized spacial score (nSPS) is 24.7. The number of rotatable bonds is 5. The number of hydrogen-bond acceptors (Lipinski definition) is 3. The molecule has 1 atom stereocenters. The molecule has 0 radical (unpaired) electrons. The Labute approximate surface area is 97.5 Å². The van der Waals surface area contributed by atoms with Gasteiger partial charge in [0, 0.05) is 31.5 Å². The van der Waals surface area contributed by atoms with Crippen molar-refractivity contribution in [1.29, 1.82) is 0 Å². The van der Waals surface area contributed by atoms with E-state index in [0.717, 1.165) is 32.7 Å². The summed E-state index contributed by atoms with van der Waals surface area (Å²) >= 11 is 0. The molecule has 0 aromatic carbocycles. The number of carbonyl (C=O) groups excluding carboxylic acids is 1. The van der Waals surface area contributed by atoms with Gasteiger partial charge < -0.3 is 15.4 Å². The van der Waals surface area contributed by atoms with Crippen LogP contribution in [0.1, 0.15) is 19.8 Å². The lowest BCUT2D eigenvalue weighted by Gasteiger charge is -2.21. The average Bonchev–Trinajstić information content (AvgIpc) is 2.60. The van der Waals surface area contributed by atoms with Gasteiger partial charge in [0.15, 0.2) is 0 Å². The molecular formula is C10H21ClN2O2. The van der Waals surface area contributed by atoms with Crippen LogP contribution in [0.5, 0.6) is 0 Å². The summed E-state index contributed by atoms with van der Waals surface area (Å²) in [6.45, 7) is 5.20. The minimum absolute atomic E-state index is 0. The summed E-state index contributed by atoms with van der Waals surface area (Å²) < 4.78 is 5.31. The summed E-state index contributed by atoms with van der Waals surface area (Å²) in [5.74, 6) is 0.118. The van der Waals surface area contributed by atoms with Gasteiger partial charge in [0.25, 0.3) is 0 Å². The van der Waals surface area contributed by atoms with E-state index >= 15 is 0 Å². The first-order valence-corrected chi connectivity index (χ1v) is 5.15. The molecule has 0 aromatic heterocycles. The van der Waals surface area contributed by atoms with Gasteiger partial charge in [-0.15, -0.1) is 12.4 Å². The number of hydrogen-bond donors (Lipinski definition) is 2. The van der Waals surface area contributed by atoms with Gasteiger partial charge in [-0.25, -0.2) is 0 Å². The van der Waals surface area contributed by atoms with Crippen molar-refractivity contribution in [3.8, 4) is 0 Å². The van der Waals surface area contributed by atoms with Crippen molar-refractivity contribution in [2.45, 2.75) is 19.8 Å². The number of nitrogens with one attached hydrogen (secondary N) is 2. The van der Waals surface area contributed by atoms with Crippen molar-refractivity contribution in [3.63, 3.8) is 0 Å². The van der Waals surface area contributed by atoms with Gasteiger partial charge in [-0.05, 0) is 13.5 Å². The third-order valence-corrected chi connectivity index (χ3v) is 2.61. The molecular weight excluding hydrogens is 216 g/mol. The number of ether oxygens (including phenoxy) is 1. The summed E-state index contributed by atoms with van der Waals surface area (Å²) in [7, 11) is 1.85. The zero-order valence-corrected chi connectivity index (χ0v) is 10.3. The van der Waals surface area contributed by atoms with Crippen LogP contribution in [0.4, 0.5) is 0 Å². The van der Waals surface area contributed by atoms with E-state index in [9.17, 15) is 4.79 Å². The second kappa shape index (κ2) is 7.04. The molecule has 4 nitrogen and oxygen atoms in total. The van der Waals surface area contributed by atoms with Crippen LogP contribution in [0.2, 0.25) is 0 Å². The first-order valence-electron chi connectivity index (χ1n) is 5.15. The Morgan fingerprint density at radius 3 is 2.80 bits per heavy atom. The van der Waals surface area contributed by atoms with E-state index in [1.165, 1.54) is 0 Å². The van der Waals surface area contributed by atoms with Crippen LogP contribution in [0.15, 0.2) is 0 Å². The Bertz CT molecular complexity index is 194. The van der Waals surface area contributed by atoms with Crippen LogP contribution in [0.25, 0.3) is 0 Å². The lowest BCUT2D eigenvalue weighted by molar-refractivity contribution is -0.121. The monoisotopic (exact) mass is 236 g/mol. The quantitative estimate of drug-likeness (QED) is 0.734. The van der Waals surface area contributed by atoms with Gasteiger partial charge in [0.05, 0.1) is 6.61 Å². The van der Waals surface area contributed by atoms with Crippen molar-refractivity contribution in [3.05, 3.63) is 0 Å². The van der Waals surface area contributed by atoms with E-state index in [2.05, 4.69) is 17.6 Å². The highest BCUT2D eigenvalue weighted by atomic mass is 35.5.